The van der Waals surface area contributed by atoms with E-state index in [4.69, 9.17) is 12.2 Å². The Morgan fingerprint density at radius 2 is 1.91 bits per heavy atom. The van der Waals surface area contributed by atoms with Gasteiger partial charge in [-0.15, -0.1) is 0 Å². The Balaban J connectivity index is 1.92. The van der Waals surface area contributed by atoms with Crippen molar-refractivity contribution in [2.75, 3.05) is 5.32 Å². The highest BCUT2D eigenvalue weighted by Gasteiger charge is 2.09. The number of aryl methyl sites for hydroxylation is 2. The first-order chi connectivity index (χ1) is 10.9. The van der Waals surface area contributed by atoms with Crippen LogP contribution in [0.4, 0.5) is 5.69 Å². The number of benzene rings is 1. The molecule has 0 spiro atoms. The second-order valence-corrected chi connectivity index (χ2v) is 6.42. The molecule has 5 heteroatoms. The molecule has 0 fully saturated rings. The first kappa shape index (κ1) is 17.5. The predicted octanol–water partition coefficient (Wildman–Crippen LogP) is 4.04. The van der Waals surface area contributed by atoms with E-state index in [0.717, 1.165) is 23.5 Å². The third-order valence-electron chi connectivity index (χ3n) is 4.43. The fraction of sp³-hybridized carbons (Fsp3) is 0.444. The third kappa shape index (κ3) is 4.32. The van der Waals surface area contributed by atoms with Gasteiger partial charge in [0.25, 0.3) is 0 Å². The van der Waals surface area contributed by atoms with Crippen LogP contribution in [0.5, 0.6) is 0 Å². The SMILES string of the molecule is CCC(C)c1ccc(NC(=S)NCc2c(C)nn(C)c2C)cc1. The highest BCUT2D eigenvalue weighted by molar-refractivity contribution is 7.80. The summed E-state index contributed by atoms with van der Waals surface area (Å²) in [5.41, 5.74) is 5.77. The summed E-state index contributed by atoms with van der Waals surface area (Å²) in [5, 5.41) is 11.5. The van der Waals surface area contributed by atoms with Gasteiger partial charge < -0.3 is 10.6 Å². The average Bonchev–Trinajstić information content (AvgIpc) is 2.78. The summed E-state index contributed by atoms with van der Waals surface area (Å²) in [5.74, 6) is 0.589. The van der Waals surface area contributed by atoms with E-state index in [-0.39, 0.29) is 0 Å². The molecule has 0 amide bonds. The zero-order valence-corrected chi connectivity index (χ0v) is 15.4. The molecule has 0 saturated carbocycles. The van der Waals surface area contributed by atoms with Crippen molar-refractivity contribution in [2.24, 2.45) is 7.05 Å². The van der Waals surface area contributed by atoms with Gasteiger partial charge in [0.05, 0.1) is 5.69 Å². The van der Waals surface area contributed by atoms with Crippen LogP contribution in [0.25, 0.3) is 0 Å². The summed E-state index contributed by atoms with van der Waals surface area (Å²) < 4.78 is 1.90. The molecule has 0 saturated heterocycles. The Bertz CT molecular complexity index is 673. The number of anilines is 1. The molecule has 0 bridgehead atoms. The molecule has 23 heavy (non-hydrogen) atoms. The van der Waals surface area contributed by atoms with E-state index in [1.54, 1.807) is 0 Å². The monoisotopic (exact) mass is 330 g/mol. The first-order valence-electron chi connectivity index (χ1n) is 8.06. The predicted molar refractivity (Wildman–Crippen MR) is 101 cm³/mol. The van der Waals surface area contributed by atoms with Crippen LogP contribution >= 0.6 is 12.2 Å². The molecule has 1 atom stereocenters. The molecular formula is C18H26N4S. The zero-order valence-electron chi connectivity index (χ0n) is 14.6. The lowest BCUT2D eigenvalue weighted by Crippen LogP contribution is -2.28. The van der Waals surface area contributed by atoms with E-state index in [1.807, 2.05) is 18.7 Å². The van der Waals surface area contributed by atoms with Gasteiger partial charge in [-0.1, -0.05) is 26.0 Å². The lowest BCUT2D eigenvalue weighted by Gasteiger charge is -2.13. The number of hydrogen-bond donors (Lipinski definition) is 2. The minimum Gasteiger partial charge on any atom is -0.358 e. The van der Waals surface area contributed by atoms with Gasteiger partial charge in [0.1, 0.15) is 0 Å². The van der Waals surface area contributed by atoms with Crippen LogP contribution in [0.15, 0.2) is 24.3 Å². The van der Waals surface area contributed by atoms with Crippen molar-refractivity contribution in [3.05, 3.63) is 46.8 Å². The number of hydrogen-bond acceptors (Lipinski definition) is 2. The average molecular weight is 331 g/mol. The molecular weight excluding hydrogens is 304 g/mol. The maximum atomic E-state index is 5.39. The summed E-state index contributed by atoms with van der Waals surface area (Å²) in [4.78, 5) is 0. The first-order valence-corrected chi connectivity index (χ1v) is 8.47. The maximum absolute atomic E-state index is 5.39. The summed E-state index contributed by atoms with van der Waals surface area (Å²) in [6.45, 7) is 9.23. The minimum atomic E-state index is 0.589. The lowest BCUT2D eigenvalue weighted by atomic mass is 9.99. The van der Waals surface area contributed by atoms with E-state index in [9.17, 15) is 0 Å². The smallest absolute Gasteiger partial charge is 0.171 e. The number of aromatic nitrogens is 2. The zero-order chi connectivity index (χ0) is 17.0. The van der Waals surface area contributed by atoms with E-state index in [0.29, 0.717) is 17.6 Å². The van der Waals surface area contributed by atoms with E-state index in [2.05, 4.69) is 60.8 Å². The van der Waals surface area contributed by atoms with Gasteiger partial charge in [0.2, 0.25) is 0 Å². The largest absolute Gasteiger partial charge is 0.358 e. The van der Waals surface area contributed by atoms with Gasteiger partial charge in [-0.05, 0) is 56.1 Å². The molecule has 0 aliphatic carbocycles. The fourth-order valence-corrected chi connectivity index (χ4v) is 2.74. The lowest BCUT2D eigenvalue weighted by molar-refractivity contribution is 0.729. The maximum Gasteiger partial charge on any atom is 0.171 e. The van der Waals surface area contributed by atoms with Crippen LogP contribution in [-0.4, -0.2) is 14.9 Å². The van der Waals surface area contributed by atoms with Crippen molar-refractivity contribution in [3.63, 3.8) is 0 Å². The van der Waals surface area contributed by atoms with E-state index >= 15 is 0 Å². The van der Waals surface area contributed by atoms with Crippen LogP contribution < -0.4 is 10.6 Å². The molecule has 2 N–H and O–H groups in total. The van der Waals surface area contributed by atoms with Crippen LogP contribution in [-0.2, 0) is 13.6 Å². The summed E-state index contributed by atoms with van der Waals surface area (Å²) in [7, 11) is 1.96. The molecule has 0 aliphatic heterocycles. The second-order valence-electron chi connectivity index (χ2n) is 6.01. The van der Waals surface area contributed by atoms with Crippen molar-refractivity contribution in [2.45, 2.75) is 46.6 Å². The molecule has 1 aromatic carbocycles. The van der Waals surface area contributed by atoms with Gasteiger partial charge in [-0.2, -0.15) is 5.10 Å². The van der Waals surface area contributed by atoms with Gasteiger partial charge in [-0.3, -0.25) is 4.68 Å². The summed E-state index contributed by atoms with van der Waals surface area (Å²) >= 11 is 5.39. The van der Waals surface area contributed by atoms with Crippen LogP contribution in [0, 0.1) is 13.8 Å². The molecule has 4 nitrogen and oxygen atoms in total. The van der Waals surface area contributed by atoms with Gasteiger partial charge >= 0.3 is 0 Å². The van der Waals surface area contributed by atoms with Crippen molar-refractivity contribution < 1.29 is 0 Å². The van der Waals surface area contributed by atoms with Crippen LogP contribution in [0.3, 0.4) is 0 Å². The third-order valence-corrected chi connectivity index (χ3v) is 4.68. The Labute approximate surface area is 144 Å². The highest BCUT2D eigenvalue weighted by Crippen LogP contribution is 2.20. The topological polar surface area (TPSA) is 41.9 Å². The van der Waals surface area contributed by atoms with Crippen molar-refractivity contribution in [3.8, 4) is 0 Å². The fourth-order valence-electron chi connectivity index (χ4n) is 2.55. The Morgan fingerprint density at radius 1 is 1.26 bits per heavy atom. The van der Waals surface area contributed by atoms with Gasteiger partial charge in [-0.25, -0.2) is 0 Å². The van der Waals surface area contributed by atoms with Crippen molar-refractivity contribution >= 4 is 23.0 Å². The van der Waals surface area contributed by atoms with Crippen LogP contribution in [0.2, 0.25) is 0 Å². The molecule has 0 radical (unpaired) electrons. The molecule has 1 unspecified atom stereocenters. The molecule has 1 heterocycles. The summed E-state index contributed by atoms with van der Waals surface area (Å²) in [6, 6.07) is 8.48. The number of nitrogens with one attached hydrogen (secondary N) is 2. The molecule has 1 aromatic heterocycles. The van der Waals surface area contributed by atoms with Crippen molar-refractivity contribution in [1.29, 1.82) is 0 Å². The standard InChI is InChI=1S/C18H26N4S/c1-6-12(2)15-7-9-16(10-8-15)20-18(23)19-11-17-13(3)21-22(5)14(17)4/h7-10,12H,6,11H2,1-5H3,(H2,19,20,23). The molecule has 2 aromatic rings. The molecule has 2 rings (SSSR count). The van der Waals surface area contributed by atoms with E-state index < -0.39 is 0 Å². The minimum absolute atomic E-state index is 0.589. The summed E-state index contributed by atoms with van der Waals surface area (Å²) in [6.07, 6.45) is 1.15. The van der Waals surface area contributed by atoms with E-state index in [1.165, 1.54) is 11.1 Å². The molecule has 0 aliphatic rings. The Morgan fingerprint density at radius 3 is 2.43 bits per heavy atom. The normalized spacial score (nSPS) is 12.0. The number of rotatable bonds is 5. The number of nitrogens with zero attached hydrogens (tertiary/aromatic N) is 2. The highest BCUT2D eigenvalue weighted by atomic mass is 32.1. The second kappa shape index (κ2) is 7.59. The number of thiocarbonyl (C=S) groups is 1. The van der Waals surface area contributed by atoms with Gasteiger partial charge in [0, 0.05) is 30.5 Å². The molecule has 124 valence electrons. The Kier molecular flexibility index (Phi) is 5.77. The van der Waals surface area contributed by atoms with Gasteiger partial charge in [0.15, 0.2) is 5.11 Å². The Hall–Kier alpha value is -1.88. The van der Waals surface area contributed by atoms with Crippen LogP contribution in [0.1, 0.15) is 48.7 Å². The van der Waals surface area contributed by atoms with Crippen molar-refractivity contribution in [1.82, 2.24) is 15.1 Å². The quantitative estimate of drug-likeness (QED) is 0.812.